The maximum Gasteiger partial charge on any atom is 0.410 e. The molecule has 3 rings (SSSR count). The smallest absolute Gasteiger partial charge is 0.410 e. The van der Waals surface area contributed by atoms with E-state index in [0.717, 1.165) is 12.0 Å². The standard InChI is InChI=1S/C28H35N3O7/c32-25(30-23-11-7-10-22(18-23)27(35)29-15-6-2-5-12-26(33)34)20-37-24-13-16-31(17-14-24)28(36)38-19-21-8-3-1-4-9-21/h1,3-4,7-11,18,24H,2,5-6,12-17,19-20H2,(H,29,35)(H,30,32)(H,33,34). The molecule has 2 aromatic rings. The first-order chi connectivity index (χ1) is 18.4. The molecule has 1 aliphatic heterocycles. The Morgan fingerprint density at radius 2 is 1.71 bits per heavy atom. The number of hydrogen-bond donors (Lipinski definition) is 3. The monoisotopic (exact) mass is 525 g/mol. The molecule has 1 heterocycles. The van der Waals surface area contributed by atoms with Crippen molar-refractivity contribution >= 4 is 29.6 Å². The largest absolute Gasteiger partial charge is 0.481 e. The number of ether oxygens (including phenoxy) is 2. The second kappa shape index (κ2) is 15.4. The van der Waals surface area contributed by atoms with Crippen LogP contribution in [0.4, 0.5) is 10.5 Å². The highest BCUT2D eigenvalue weighted by atomic mass is 16.6. The second-order valence-electron chi connectivity index (χ2n) is 9.13. The molecule has 0 unspecified atom stereocenters. The summed E-state index contributed by atoms with van der Waals surface area (Å²) in [6.45, 7) is 1.54. The van der Waals surface area contributed by atoms with E-state index in [9.17, 15) is 19.2 Å². The summed E-state index contributed by atoms with van der Waals surface area (Å²) in [5.74, 6) is -1.41. The minimum Gasteiger partial charge on any atom is -0.481 e. The van der Waals surface area contributed by atoms with Crippen molar-refractivity contribution in [2.75, 3.05) is 31.6 Å². The van der Waals surface area contributed by atoms with E-state index in [4.69, 9.17) is 14.6 Å². The van der Waals surface area contributed by atoms with Crippen molar-refractivity contribution in [1.29, 1.82) is 0 Å². The Bertz CT molecular complexity index is 1070. The molecule has 204 valence electrons. The average Bonchev–Trinajstić information content (AvgIpc) is 2.93. The molecule has 1 fully saturated rings. The molecule has 2 aromatic carbocycles. The van der Waals surface area contributed by atoms with Crippen LogP contribution in [0.1, 0.15) is 54.4 Å². The van der Waals surface area contributed by atoms with Crippen LogP contribution in [0.5, 0.6) is 0 Å². The summed E-state index contributed by atoms with van der Waals surface area (Å²) < 4.78 is 11.1. The highest BCUT2D eigenvalue weighted by Crippen LogP contribution is 2.16. The SMILES string of the molecule is O=C(O)CCCCCNC(=O)c1cccc(NC(=O)COC2CCN(C(=O)OCc3ccccc3)CC2)c1. The topological polar surface area (TPSA) is 134 Å². The molecular formula is C28H35N3O7. The van der Waals surface area contributed by atoms with Gasteiger partial charge in [0.15, 0.2) is 0 Å². The van der Waals surface area contributed by atoms with Gasteiger partial charge < -0.3 is 30.1 Å². The van der Waals surface area contributed by atoms with E-state index in [1.807, 2.05) is 30.3 Å². The van der Waals surface area contributed by atoms with Crippen LogP contribution >= 0.6 is 0 Å². The predicted molar refractivity (Wildman–Crippen MR) is 141 cm³/mol. The number of carbonyl (C=O) groups is 4. The summed E-state index contributed by atoms with van der Waals surface area (Å²) in [6, 6.07) is 16.1. The number of rotatable bonds is 13. The van der Waals surface area contributed by atoms with Gasteiger partial charge in [-0.1, -0.05) is 42.8 Å². The Kier molecular flexibility index (Phi) is 11.6. The molecule has 0 aromatic heterocycles. The molecular weight excluding hydrogens is 490 g/mol. The van der Waals surface area contributed by atoms with Gasteiger partial charge in [-0.3, -0.25) is 14.4 Å². The Labute approximate surface area is 222 Å². The number of likely N-dealkylation sites (tertiary alicyclic amines) is 1. The first kappa shape index (κ1) is 28.6. The van der Waals surface area contributed by atoms with E-state index in [1.165, 1.54) is 0 Å². The van der Waals surface area contributed by atoms with E-state index in [1.54, 1.807) is 29.2 Å². The van der Waals surface area contributed by atoms with Crippen molar-refractivity contribution < 1.29 is 33.8 Å². The lowest BCUT2D eigenvalue weighted by Crippen LogP contribution is -2.41. The number of anilines is 1. The van der Waals surface area contributed by atoms with Gasteiger partial charge in [-0.05, 0) is 49.4 Å². The maximum absolute atomic E-state index is 12.4. The van der Waals surface area contributed by atoms with Gasteiger partial charge in [0.05, 0.1) is 6.10 Å². The van der Waals surface area contributed by atoms with Crippen LogP contribution < -0.4 is 10.6 Å². The van der Waals surface area contributed by atoms with E-state index < -0.39 is 5.97 Å². The molecule has 0 aliphatic carbocycles. The lowest BCUT2D eigenvalue weighted by Gasteiger charge is -2.31. The van der Waals surface area contributed by atoms with E-state index >= 15 is 0 Å². The number of carbonyl (C=O) groups excluding carboxylic acids is 3. The van der Waals surface area contributed by atoms with Crippen molar-refractivity contribution in [2.45, 2.75) is 51.2 Å². The molecule has 3 amide bonds. The number of aliphatic carboxylic acids is 1. The molecule has 0 spiro atoms. The van der Waals surface area contributed by atoms with Gasteiger partial charge in [0.1, 0.15) is 13.2 Å². The zero-order valence-corrected chi connectivity index (χ0v) is 21.4. The summed E-state index contributed by atoms with van der Waals surface area (Å²) >= 11 is 0. The first-order valence-corrected chi connectivity index (χ1v) is 12.9. The minimum atomic E-state index is -0.819. The highest BCUT2D eigenvalue weighted by Gasteiger charge is 2.24. The number of carboxylic acids is 1. The second-order valence-corrected chi connectivity index (χ2v) is 9.13. The lowest BCUT2D eigenvalue weighted by atomic mass is 10.1. The number of nitrogens with zero attached hydrogens (tertiary/aromatic N) is 1. The normalized spacial score (nSPS) is 13.5. The Balaban J connectivity index is 1.32. The number of benzene rings is 2. The van der Waals surface area contributed by atoms with Crippen LogP contribution in [-0.4, -0.2) is 66.2 Å². The molecule has 10 nitrogen and oxygen atoms in total. The van der Waals surface area contributed by atoms with Crippen LogP contribution in [0.3, 0.4) is 0 Å². The van der Waals surface area contributed by atoms with Crippen LogP contribution in [0.15, 0.2) is 54.6 Å². The molecule has 0 bridgehead atoms. The van der Waals surface area contributed by atoms with E-state index in [0.29, 0.717) is 56.6 Å². The van der Waals surface area contributed by atoms with Crippen molar-refractivity contribution in [3.8, 4) is 0 Å². The summed E-state index contributed by atoms with van der Waals surface area (Å²) in [4.78, 5) is 49.2. The third-order valence-corrected chi connectivity index (χ3v) is 6.12. The molecule has 1 saturated heterocycles. The third kappa shape index (κ3) is 10.2. The van der Waals surface area contributed by atoms with Crippen molar-refractivity contribution in [3.05, 3.63) is 65.7 Å². The van der Waals surface area contributed by atoms with Crippen LogP contribution in [-0.2, 0) is 25.7 Å². The van der Waals surface area contributed by atoms with Gasteiger partial charge in [-0.2, -0.15) is 0 Å². The highest BCUT2D eigenvalue weighted by molar-refractivity contribution is 5.97. The summed E-state index contributed by atoms with van der Waals surface area (Å²) in [5.41, 5.74) is 1.84. The van der Waals surface area contributed by atoms with E-state index in [-0.39, 0.29) is 43.6 Å². The quantitative estimate of drug-likeness (QED) is 0.339. The fourth-order valence-corrected chi connectivity index (χ4v) is 4.03. The molecule has 0 atom stereocenters. The molecule has 10 heteroatoms. The maximum atomic E-state index is 12.4. The van der Waals surface area contributed by atoms with Crippen molar-refractivity contribution in [3.63, 3.8) is 0 Å². The molecule has 38 heavy (non-hydrogen) atoms. The summed E-state index contributed by atoms with van der Waals surface area (Å²) in [7, 11) is 0. The number of unbranched alkanes of at least 4 members (excludes halogenated alkanes) is 2. The Morgan fingerprint density at radius 3 is 2.45 bits per heavy atom. The number of carboxylic acid groups (broad SMARTS) is 1. The first-order valence-electron chi connectivity index (χ1n) is 12.9. The number of amides is 3. The van der Waals surface area contributed by atoms with Crippen LogP contribution in [0.2, 0.25) is 0 Å². The van der Waals surface area contributed by atoms with Gasteiger partial charge in [0.2, 0.25) is 5.91 Å². The summed E-state index contributed by atoms with van der Waals surface area (Å²) in [5, 5.41) is 14.2. The Hall–Kier alpha value is -3.92. The number of piperidine rings is 1. The zero-order valence-electron chi connectivity index (χ0n) is 21.4. The lowest BCUT2D eigenvalue weighted by molar-refractivity contribution is -0.137. The molecule has 3 N–H and O–H groups in total. The fraction of sp³-hybridized carbons (Fsp3) is 0.429. The predicted octanol–water partition coefficient (Wildman–Crippen LogP) is 3.82. The minimum absolute atomic E-state index is 0.127. The zero-order chi connectivity index (χ0) is 27.2. The van der Waals surface area contributed by atoms with Gasteiger partial charge >= 0.3 is 12.1 Å². The Morgan fingerprint density at radius 1 is 0.947 bits per heavy atom. The van der Waals surface area contributed by atoms with Crippen molar-refractivity contribution in [2.24, 2.45) is 0 Å². The average molecular weight is 526 g/mol. The van der Waals surface area contributed by atoms with Crippen LogP contribution in [0, 0.1) is 0 Å². The van der Waals surface area contributed by atoms with Gasteiger partial charge in [0, 0.05) is 37.3 Å². The molecule has 0 saturated carbocycles. The van der Waals surface area contributed by atoms with Crippen LogP contribution in [0.25, 0.3) is 0 Å². The molecule has 1 aliphatic rings. The summed E-state index contributed by atoms with van der Waals surface area (Å²) in [6.07, 6.45) is 2.86. The molecule has 0 radical (unpaired) electrons. The third-order valence-electron chi connectivity index (χ3n) is 6.12. The van der Waals surface area contributed by atoms with Gasteiger partial charge in [0.25, 0.3) is 5.91 Å². The number of nitrogens with one attached hydrogen (secondary N) is 2. The fourth-order valence-electron chi connectivity index (χ4n) is 4.03. The van der Waals surface area contributed by atoms with Gasteiger partial charge in [-0.25, -0.2) is 4.79 Å². The van der Waals surface area contributed by atoms with Crippen molar-refractivity contribution in [1.82, 2.24) is 10.2 Å². The number of hydrogen-bond acceptors (Lipinski definition) is 6. The van der Waals surface area contributed by atoms with E-state index in [2.05, 4.69) is 10.6 Å². The van der Waals surface area contributed by atoms with Gasteiger partial charge in [-0.15, -0.1) is 0 Å².